The number of nitrogens with two attached hydrogens (primary N) is 1. The largest absolute Gasteiger partial charge is 0.379 e. The van der Waals surface area contributed by atoms with E-state index >= 15 is 0 Å². The van der Waals surface area contributed by atoms with E-state index in [0.29, 0.717) is 18.7 Å². The summed E-state index contributed by atoms with van der Waals surface area (Å²) in [6.45, 7) is 0.800. The standard InChI is InChI=1S/C11H12Br2N2O2/c12-7-1-2-8(13)9(5-7)15-10(16)11(14)3-4-17-6-11/h1-2,5H,3-4,6,14H2,(H,15,16). The highest BCUT2D eigenvalue weighted by atomic mass is 79.9. The summed E-state index contributed by atoms with van der Waals surface area (Å²) in [4.78, 5) is 12.0. The van der Waals surface area contributed by atoms with Crippen LogP contribution in [0, 0.1) is 0 Å². The molecule has 1 aromatic carbocycles. The molecule has 1 unspecified atom stereocenters. The fourth-order valence-electron chi connectivity index (χ4n) is 1.60. The highest BCUT2D eigenvalue weighted by Crippen LogP contribution is 2.27. The SMILES string of the molecule is NC1(C(=O)Nc2cc(Br)ccc2Br)CCOC1. The molecule has 1 aliphatic heterocycles. The van der Waals surface area contributed by atoms with Gasteiger partial charge in [-0.3, -0.25) is 4.79 Å². The molecule has 0 aliphatic carbocycles. The van der Waals surface area contributed by atoms with E-state index in [0.717, 1.165) is 8.95 Å². The maximum Gasteiger partial charge on any atom is 0.246 e. The van der Waals surface area contributed by atoms with Gasteiger partial charge in [-0.15, -0.1) is 0 Å². The lowest BCUT2D eigenvalue weighted by Gasteiger charge is -2.21. The zero-order chi connectivity index (χ0) is 12.5. The molecule has 92 valence electrons. The molecule has 1 aliphatic rings. The predicted molar refractivity (Wildman–Crippen MR) is 72.8 cm³/mol. The average molecular weight is 364 g/mol. The molecular weight excluding hydrogens is 352 g/mol. The Morgan fingerprint density at radius 3 is 2.88 bits per heavy atom. The van der Waals surface area contributed by atoms with Gasteiger partial charge in [0.05, 0.1) is 12.3 Å². The van der Waals surface area contributed by atoms with Crippen LogP contribution < -0.4 is 11.1 Å². The molecule has 17 heavy (non-hydrogen) atoms. The number of hydrogen-bond acceptors (Lipinski definition) is 3. The van der Waals surface area contributed by atoms with E-state index in [1.165, 1.54) is 0 Å². The van der Waals surface area contributed by atoms with Crippen LogP contribution >= 0.6 is 31.9 Å². The lowest BCUT2D eigenvalue weighted by Crippen LogP contribution is -2.51. The van der Waals surface area contributed by atoms with Crippen molar-refractivity contribution in [2.75, 3.05) is 18.5 Å². The van der Waals surface area contributed by atoms with Crippen LogP contribution in [0.25, 0.3) is 0 Å². The second-order valence-corrected chi connectivity index (χ2v) is 5.81. The summed E-state index contributed by atoms with van der Waals surface area (Å²) >= 11 is 6.73. The lowest BCUT2D eigenvalue weighted by molar-refractivity contribution is -0.121. The average Bonchev–Trinajstić information content (AvgIpc) is 2.72. The van der Waals surface area contributed by atoms with Crippen LogP contribution in [0.3, 0.4) is 0 Å². The number of halogens is 2. The smallest absolute Gasteiger partial charge is 0.246 e. The Hall–Kier alpha value is -0.430. The van der Waals surface area contributed by atoms with Crippen molar-refractivity contribution in [2.24, 2.45) is 5.73 Å². The third kappa shape index (κ3) is 2.88. The Kier molecular flexibility index (Phi) is 3.87. The molecule has 0 spiro atoms. The molecule has 1 saturated heterocycles. The van der Waals surface area contributed by atoms with Gasteiger partial charge >= 0.3 is 0 Å². The van der Waals surface area contributed by atoms with Crippen LogP contribution in [0.4, 0.5) is 5.69 Å². The van der Waals surface area contributed by atoms with Gasteiger partial charge in [-0.2, -0.15) is 0 Å². The first-order chi connectivity index (χ1) is 8.01. The van der Waals surface area contributed by atoms with Gasteiger partial charge in [0.1, 0.15) is 5.54 Å². The Labute approximate surface area is 116 Å². The zero-order valence-corrected chi connectivity index (χ0v) is 12.2. The van der Waals surface area contributed by atoms with Crippen molar-refractivity contribution >= 4 is 43.5 Å². The Morgan fingerprint density at radius 1 is 1.47 bits per heavy atom. The minimum absolute atomic E-state index is 0.214. The van der Waals surface area contributed by atoms with E-state index < -0.39 is 5.54 Å². The first kappa shape index (κ1) is 13.0. The van der Waals surface area contributed by atoms with Crippen LogP contribution in [0.1, 0.15) is 6.42 Å². The van der Waals surface area contributed by atoms with E-state index in [1.54, 1.807) is 0 Å². The summed E-state index contributed by atoms with van der Waals surface area (Å²) in [5.74, 6) is -0.214. The van der Waals surface area contributed by atoms with Crippen molar-refractivity contribution in [3.05, 3.63) is 27.1 Å². The number of nitrogens with one attached hydrogen (secondary N) is 1. The zero-order valence-electron chi connectivity index (χ0n) is 9.00. The van der Waals surface area contributed by atoms with Gasteiger partial charge in [-0.1, -0.05) is 15.9 Å². The maximum atomic E-state index is 12.0. The first-order valence-corrected chi connectivity index (χ1v) is 6.73. The number of ether oxygens (including phenoxy) is 1. The summed E-state index contributed by atoms with van der Waals surface area (Å²) < 4.78 is 6.88. The summed E-state index contributed by atoms with van der Waals surface area (Å²) in [5, 5.41) is 2.81. The number of amides is 1. The van der Waals surface area contributed by atoms with E-state index in [9.17, 15) is 4.79 Å². The molecule has 3 N–H and O–H groups in total. The van der Waals surface area contributed by atoms with Gasteiger partial charge in [0.15, 0.2) is 0 Å². The molecule has 0 aromatic heterocycles. The Balaban J connectivity index is 2.15. The molecule has 1 heterocycles. The van der Waals surface area contributed by atoms with Gasteiger partial charge in [-0.05, 0) is 40.5 Å². The van der Waals surface area contributed by atoms with Crippen LogP contribution in [0.15, 0.2) is 27.1 Å². The van der Waals surface area contributed by atoms with Gasteiger partial charge < -0.3 is 15.8 Å². The third-order valence-electron chi connectivity index (χ3n) is 2.68. The van der Waals surface area contributed by atoms with Crippen molar-refractivity contribution < 1.29 is 9.53 Å². The second-order valence-electron chi connectivity index (χ2n) is 4.04. The molecular formula is C11H12Br2N2O2. The topological polar surface area (TPSA) is 64.4 Å². The molecule has 0 saturated carbocycles. The van der Waals surface area contributed by atoms with Crippen LogP contribution in [-0.2, 0) is 9.53 Å². The fraction of sp³-hybridized carbons (Fsp3) is 0.364. The Bertz CT molecular complexity index is 445. The predicted octanol–water partition coefficient (Wildman–Crippen LogP) is 2.27. The number of rotatable bonds is 2. The maximum absolute atomic E-state index is 12.0. The van der Waals surface area contributed by atoms with Crippen molar-refractivity contribution in [1.82, 2.24) is 0 Å². The minimum atomic E-state index is -0.915. The minimum Gasteiger partial charge on any atom is -0.379 e. The monoisotopic (exact) mass is 362 g/mol. The lowest BCUT2D eigenvalue weighted by atomic mass is 9.99. The van der Waals surface area contributed by atoms with Crippen LogP contribution in [0.2, 0.25) is 0 Å². The molecule has 2 rings (SSSR count). The molecule has 1 aromatic rings. The van der Waals surface area contributed by atoms with Crippen molar-refractivity contribution in [3.8, 4) is 0 Å². The van der Waals surface area contributed by atoms with E-state index in [1.807, 2.05) is 18.2 Å². The van der Waals surface area contributed by atoms with Crippen molar-refractivity contribution in [3.63, 3.8) is 0 Å². The molecule has 4 nitrogen and oxygen atoms in total. The van der Waals surface area contributed by atoms with Gasteiger partial charge in [-0.25, -0.2) is 0 Å². The number of carbonyl (C=O) groups excluding carboxylic acids is 1. The quantitative estimate of drug-likeness (QED) is 0.847. The summed E-state index contributed by atoms with van der Waals surface area (Å²) in [6, 6.07) is 5.56. The van der Waals surface area contributed by atoms with Gasteiger partial charge in [0.25, 0.3) is 0 Å². The van der Waals surface area contributed by atoms with E-state index in [2.05, 4.69) is 37.2 Å². The highest BCUT2D eigenvalue weighted by Gasteiger charge is 2.38. The number of anilines is 1. The van der Waals surface area contributed by atoms with Crippen molar-refractivity contribution in [1.29, 1.82) is 0 Å². The Morgan fingerprint density at radius 2 is 2.24 bits per heavy atom. The summed E-state index contributed by atoms with van der Waals surface area (Å²) in [7, 11) is 0. The molecule has 0 bridgehead atoms. The van der Waals surface area contributed by atoms with E-state index in [-0.39, 0.29) is 12.5 Å². The van der Waals surface area contributed by atoms with Crippen molar-refractivity contribution in [2.45, 2.75) is 12.0 Å². The molecule has 1 amide bonds. The normalized spacial score (nSPS) is 23.7. The molecule has 1 fully saturated rings. The highest BCUT2D eigenvalue weighted by molar-refractivity contribution is 9.11. The summed E-state index contributed by atoms with van der Waals surface area (Å²) in [5.41, 5.74) is 5.76. The second kappa shape index (κ2) is 5.06. The first-order valence-electron chi connectivity index (χ1n) is 5.14. The van der Waals surface area contributed by atoms with Crippen LogP contribution in [-0.4, -0.2) is 24.7 Å². The third-order valence-corrected chi connectivity index (χ3v) is 3.87. The van der Waals surface area contributed by atoms with Gasteiger partial charge in [0, 0.05) is 15.6 Å². The van der Waals surface area contributed by atoms with Crippen LogP contribution in [0.5, 0.6) is 0 Å². The summed E-state index contributed by atoms with van der Waals surface area (Å²) in [6.07, 6.45) is 0.546. The van der Waals surface area contributed by atoms with E-state index in [4.69, 9.17) is 10.5 Å². The molecule has 6 heteroatoms. The molecule has 0 radical (unpaired) electrons. The number of benzene rings is 1. The van der Waals surface area contributed by atoms with Gasteiger partial charge in [0.2, 0.25) is 5.91 Å². The number of carbonyl (C=O) groups is 1. The fourth-order valence-corrected chi connectivity index (χ4v) is 2.31. The number of hydrogen-bond donors (Lipinski definition) is 2. The molecule has 1 atom stereocenters.